The van der Waals surface area contributed by atoms with Crippen LogP contribution in [0, 0.1) is 17.8 Å². The van der Waals surface area contributed by atoms with Gasteiger partial charge >= 0.3 is 0 Å². The number of para-hydroxylation sites is 1. The van der Waals surface area contributed by atoms with E-state index < -0.39 is 0 Å². The van der Waals surface area contributed by atoms with Crippen LogP contribution in [0.25, 0.3) is 67.3 Å². The van der Waals surface area contributed by atoms with Crippen LogP contribution < -0.4 is 0 Å². The van der Waals surface area contributed by atoms with Crippen molar-refractivity contribution in [3.8, 4) is 56.4 Å². The highest BCUT2D eigenvalue weighted by Crippen LogP contribution is 2.60. The Bertz CT molecular complexity index is 2250. The van der Waals surface area contributed by atoms with E-state index in [4.69, 9.17) is 19.9 Å². The van der Waals surface area contributed by atoms with Gasteiger partial charge in [-0.05, 0) is 114 Å². The highest BCUT2D eigenvalue weighted by molar-refractivity contribution is 5.86. The Hall–Kier alpha value is -5.48. The maximum Gasteiger partial charge on any atom is 0.164 e. The van der Waals surface area contributed by atoms with Gasteiger partial charge in [-0.3, -0.25) is 4.98 Å². The van der Waals surface area contributed by atoms with Gasteiger partial charge in [-0.2, -0.15) is 0 Å². The van der Waals surface area contributed by atoms with Crippen LogP contribution in [0.4, 0.5) is 0 Å². The predicted octanol–water partition coefficient (Wildman–Crippen LogP) is 11.2. The zero-order valence-electron chi connectivity index (χ0n) is 28.0. The SMILES string of the molecule is c1ccc(-c2nc(-c3ccccc3)nc(-c3cc(-c4ccc(C56CC7CC(CC(C7)C5)C6)cc4)cc(-c4cnc5ccccc5c4)c3)n2)cc1. The summed E-state index contributed by atoms with van der Waals surface area (Å²) in [6.07, 6.45) is 10.5. The Morgan fingerprint density at radius 1 is 0.420 bits per heavy atom. The molecule has 0 aliphatic heterocycles. The van der Waals surface area contributed by atoms with Gasteiger partial charge in [0.15, 0.2) is 17.5 Å². The zero-order chi connectivity index (χ0) is 33.1. The van der Waals surface area contributed by atoms with Gasteiger partial charge in [0.05, 0.1) is 5.52 Å². The summed E-state index contributed by atoms with van der Waals surface area (Å²) in [5.41, 5.74) is 10.3. The second-order valence-corrected chi connectivity index (χ2v) is 15.0. The summed E-state index contributed by atoms with van der Waals surface area (Å²) in [5.74, 6) is 4.76. The van der Waals surface area contributed by atoms with Crippen LogP contribution >= 0.6 is 0 Å². The van der Waals surface area contributed by atoms with E-state index in [-0.39, 0.29) is 0 Å². The summed E-state index contributed by atoms with van der Waals surface area (Å²) >= 11 is 0. The average molecular weight is 647 g/mol. The molecule has 2 aromatic heterocycles. The maximum absolute atomic E-state index is 5.10. The molecular weight excluding hydrogens is 609 g/mol. The summed E-state index contributed by atoms with van der Waals surface area (Å²) in [6, 6.07) is 47.3. The van der Waals surface area contributed by atoms with Crippen molar-refractivity contribution < 1.29 is 0 Å². The van der Waals surface area contributed by atoms with Crippen LogP contribution in [0.3, 0.4) is 0 Å². The monoisotopic (exact) mass is 646 g/mol. The lowest BCUT2D eigenvalue weighted by atomic mass is 9.48. The van der Waals surface area contributed by atoms with Crippen LogP contribution in [-0.2, 0) is 5.41 Å². The van der Waals surface area contributed by atoms with Crippen molar-refractivity contribution >= 4 is 10.9 Å². The fourth-order valence-electron chi connectivity index (χ4n) is 9.74. The molecule has 4 saturated carbocycles. The molecule has 4 heteroatoms. The second kappa shape index (κ2) is 11.8. The van der Waals surface area contributed by atoms with Crippen LogP contribution in [0.5, 0.6) is 0 Å². The molecule has 4 fully saturated rings. The molecule has 242 valence electrons. The van der Waals surface area contributed by atoms with E-state index in [1.807, 2.05) is 48.7 Å². The quantitative estimate of drug-likeness (QED) is 0.180. The lowest BCUT2D eigenvalue weighted by Gasteiger charge is -2.57. The largest absolute Gasteiger partial charge is 0.256 e. The van der Waals surface area contributed by atoms with Gasteiger partial charge in [-0.25, -0.2) is 15.0 Å². The lowest BCUT2D eigenvalue weighted by molar-refractivity contribution is -0.00518. The van der Waals surface area contributed by atoms with Crippen molar-refractivity contribution in [3.63, 3.8) is 0 Å². The standard InChI is InChI=1S/C46H38N4/c1-3-9-34(10-4-1)43-48-44(35-11-5-2-6-12-35)50-45(49-43)39-24-37(23-38(25-39)40-22-36-13-7-8-14-42(36)47-29-40)33-15-17-41(18-16-33)46-26-30-19-31(27-46)21-32(20-30)28-46/h1-18,22-25,29-32H,19-21,26-28H2. The molecule has 5 aromatic carbocycles. The topological polar surface area (TPSA) is 51.6 Å². The average Bonchev–Trinajstić information content (AvgIpc) is 3.17. The Morgan fingerprint density at radius 3 is 1.52 bits per heavy atom. The maximum atomic E-state index is 5.10. The molecule has 0 spiro atoms. The van der Waals surface area contributed by atoms with Gasteiger partial charge in [0.2, 0.25) is 0 Å². The molecule has 0 saturated heterocycles. The van der Waals surface area contributed by atoms with E-state index in [1.165, 1.54) is 44.1 Å². The molecule has 50 heavy (non-hydrogen) atoms. The first kappa shape index (κ1) is 29.4. The van der Waals surface area contributed by atoms with Gasteiger partial charge in [0.1, 0.15) is 0 Å². The first-order valence-electron chi connectivity index (χ1n) is 18.1. The summed E-state index contributed by atoms with van der Waals surface area (Å²) in [6.45, 7) is 0. The third-order valence-corrected chi connectivity index (χ3v) is 11.7. The van der Waals surface area contributed by atoms with Gasteiger partial charge in [0.25, 0.3) is 0 Å². The molecule has 0 N–H and O–H groups in total. The zero-order valence-corrected chi connectivity index (χ0v) is 28.0. The molecule has 0 atom stereocenters. The first-order chi connectivity index (χ1) is 24.6. The predicted molar refractivity (Wildman–Crippen MR) is 202 cm³/mol. The van der Waals surface area contributed by atoms with Crippen molar-refractivity contribution in [3.05, 3.63) is 145 Å². The molecule has 0 radical (unpaired) electrons. The van der Waals surface area contributed by atoms with E-state index in [1.54, 1.807) is 5.56 Å². The van der Waals surface area contributed by atoms with Crippen molar-refractivity contribution in [1.82, 2.24) is 19.9 Å². The van der Waals surface area contributed by atoms with E-state index >= 15 is 0 Å². The molecule has 11 rings (SSSR count). The summed E-state index contributed by atoms with van der Waals surface area (Å²) in [5, 5.41) is 1.12. The number of rotatable bonds is 6. The minimum Gasteiger partial charge on any atom is -0.256 e. The lowest BCUT2D eigenvalue weighted by Crippen LogP contribution is -2.48. The number of hydrogen-bond acceptors (Lipinski definition) is 4. The van der Waals surface area contributed by atoms with Crippen LogP contribution in [0.15, 0.2) is 140 Å². The van der Waals surface area contributed by atoms with Crippen LogP contribution in [-0.4, -0.2) is 19.9 Å². The summed E-state index contributed by atoms with van der Waals surface area (Å²) in [4.78, 5) is 20.0. The Morgan fingerprint density at radius 2 is 0.920 bits per heavy atom. The second-order valence-electron chi connectivity index (χ2n) is 15.0. The number of nitrogens with zero attached hydrogens (tertiary/aromatic N) is 4. The number of benzene rings is 5. The molecule has 4 aliphatic carbocycles. The number of pyridine rings is 1. The number of fused-ring (bicyclic) bond motifs is 1. The fourth-order valence-corrected chi connectivity index (χ4v) is 9.74. The minimum atomic E-state index is 0.379. The molecular formula is C46H38N4. The highest BCUT2D eigenvalue weighted by atomic mass is 15.0. The molecule has 2 heterocycles. The smallest absolute Gasteiger partial charge is 0.164 e. The van der Waals surface area contributed by atoms with E-state index in [9.17, 15) is 0 Å². The minimum absolute atomic E-state index is 0.379. The third kappa shape index (κ3) is 5.31. The van der Waals surface area contributed by atoms with E-state index in [2.05, 4.69) is 91.0 Å². The molecule has 4 aliphatic rings. The third-order valence-electron chi connectivity index (χ3n) is 11.7. The Kier molecular flexibility index (Phi) is 6.97. The number of aromatic nitrogens is 4. The number of hydrogen-bond donors (Lipinski definition) is 0. The van der Waals surface area contributed by atoms with Gasteiger partial charge in [-0.1, -0.05) is 103 Å². The molecule has 0 unspecified atom stereocenters. The summed E-state index contributed by atoms with van der Waals surface area (Å²) in [7, 11) is 0. The van der Waals surface area contributed by atoms with Gasteiger partial charge < -0.3 is 0 Å². The molecule has 4 nitrogen and oxygen atoms in total. The van der Waals surface area contributed by atoms with Gasteiger partial charge in [-0.15, -0.1) is 0 Å². The van der Waals surface area contributed by atoms with Gasteiger partial charge in [0, 0.05) is 33.8 Å². The highest BCUT2D eigenvalue weighted by Gasteiger charge is 2.51. The Balaban J connectivity index is 1.12. The molecule has 7 aromatic rings. The molecule has 0 amide bonds. The van der Waals surface area contributed by atoms with Crippen LogP contribution in [0.2, 0.25) is 0 Å². The van der Waals surface area contributed by atoms with E-state index in [0.717, 1.165) is 62.0 Å². The fraction of sp³-hybridized carbons (Fsp3) is 0.217. The van der Waals surface area contributed by atoms with Crippen molar-refractivity contribution in [1.29, 1.82) is 0 Å². The van der Waals surface area contributed by atoms with Crippen molar-refractivity contribution in [2.75, 3.05) is 0 Å². The van der Waals surface area contributed by atoms with Crippen molar-refractivity contribution in [2.24, 2.45) is 17.8 Å². The van der Waals surface area contributed by atoms with Crippen molar-refractivity contribution in [2.45, 2.75) is 43.9 Å². The normalized spacial score (nSPS) is 22.2. The Labute approximate surface area is 293 Å². The summed E-state index contributed by atoms with van der Waals surface area (Å²) < 4.78 is 0. The first-order valence-corrected chi connectivity index (χ1v) is 18.1. The molecule has 4 bridgehead atoms. The van der Waals surface area contributed by atoms with E-state index in [0.29, 0.717) is 22.9 Å². The van der Waals surface area contributed by atoms with Crippen LogP contribution in [0.1, 0.15) is 44.1 Å².